The van der Waals surface area contributed by atoms with E-state index in [1.165, 1.54) is 11.3 Å². The second-order valence-electron chi connectivity index (χ2n) is 5.18. The molecule has 1 aromatic rings. The number of aliphatic carboxylic acids is 1. The van der Waals surface area contributed by atoms with E-state index < -0.39 is 12.0 Å². The summed E-state index contributed by atoms with van der Waals surface area (Å²) in [6.07, 6.45) is 0.455. The number of benzene rings is 1. The molecular formula is C14H18N2O3. The van der Waals surface area contributed by atoms with Gasteiger partial charge in [-0.1, -0.05) is 18.2 Å². The molecule has 0 aromatic heterocycles. The van der Waals surface area contributed by atoms with Crippen molar-refractivity contribution in [1.29, 1.82) is 0 Å². The monoisotopic (exact) mass is 262 g/mol. The zero-order valence-electron chi connectivity index (χ0n) is 10.7. The van der Waals surface area contributed by atoms with E-state index in [4.69, 9.17) is 15.6 Å². The molecule has 3 atom stereocenters. The van der Waals surface area contributed by atoms with Gasteiger partial charge in [0.25, 0.3) is 0 Å². The Balaban J connectivity index is 1.91. The maximum Gasteiger partial charge on any atom is 0.320 e. The van der Waals surface area contributed by atoms with Crippen molar-refractivity contribution in [2.24, 2.45) is 5.73 Å². The zero-order chi connectivity index (χ0) is 13.4. The molecule has 0 amide bonds. The van der Waals surface area contributed by atoms with Crippen LogP contribution >= 0.6 is 0 Å². The van der Waals surface area contributed by atoms with Gasteiger partial charge in [0, 0.05) is 18.2 Å². The van der Waals surface area contributed by atoms with Crippen molar-refractivity contribution in [2.45, 2.75) is 24.4 Å². The first-order valence-electron chi connectivity index (χ1n) is 6.60. The number of hydrogen-bond acceptors (Lipinski definition) is 4. The number of nitrogens with two attached hydrogens (primary N) is 1. The van der Waals surface area contributed by atoms with Crippen molar-refractivity contribution in [3.8, 4) is 0 Å². The van der Waals surface area contributed by atoms with Crippen molar-refractivity contribution in [3.63, 3.8) is 0 Å². The number of carbonyl (C=O) groups is 1. The Kier molecular flexibility index (Phi) is 3.16. The van der Waals surface area contributed by atoms with Gasteiger partial charge < -0.3 is 20.5 Å². The van der Waals surface area contributed by atoms with Gasteiger partial charge in [-0.3, -0.25) is 4.79 Å². The molecule has 1 fully saturated rings. The van der Waals surface area contributed by atoms with Gasteiger partial charge in [0.15, 0.2) is 0 Å². The van der Waals surface area contributed by atoms with Crippen LogP contribution in [0.5, 0.6) is 0 Å². The fourth-order valence-electron chi connectivity index (χ4n) is 3.18. The molecule has 2 aliphatic heterocycles. The van der Waals surface area contributed by atoms with Gasteiger partial charge in [-0.05, 0) is 18.1 Å². The Morgan fingerprint density at radius 2 is 2.32 bits per heavy atom. The molecule has 3 rings (SSSR count). The minimum absolute atomic E-state index is 0.141. The first-order valence-corrected chi connectivity index (χ1v) is 6.60. The van der Waals surface area contributed by atoms with Crippen molar-refractivity contribution in [1.82, 2.24) is 0 Å². The Hall–Kier alpha value is -1.59. The van der Waals surface area contributed by atoms with Crippen LogP contribution in [0.25, 0.3) is 0 Å². The highest BCUT2D eigenvalue weighted by atomic mass is 16.5. The molecule has 3 N–H and O–H groups in total. The quantitative estimate of drug-likeness (QED) is 0.842. The molecule has 5 nitrogen and oxygen atoms in total. The molecule has 0 bridgehead atoms. The number of rotatable bonds is 3. The molecule has 0 radical (unpaired) electrons. The molecule has 5 heteroatoms. The van der Waals surface area contributed by atoms with E-state index in [1.54, 1.807) is 0 Å². The molecule has 1 aromatic carbocycles. The fourth-order valence-corrected chi connectivity index (χ4v) is 3.18. The van der Waals surface area contributed by atoms with E-state index in [-0.39, 0.29) is 12.0 Å². The van der Waals surface area contributed by atoms with Crippen LogP contribution in [0, 0.1) is 0 Å². The van der Waals surface area contributed by atoms with Crippen LogP contribution in [0.1, 0.15) is 17.9 Å². The summed E-state index contributed by atoms with van der Waals surface area (Å²) in [6.45, 7) is 2.23. The number of carboxylic acid groups (broad SMARTS) is 1. The van der Waals surface area contributed by atoms with Gasteiger partial charge in [-0.25, -0.2) is 0 Å². The molecule has 102 valence electrons. The van der Waals surface area contributed by atoms with Crippen LogP contribution in [0.3, 0.4) is 0 Å². The van der Waals surface area contributed by atoms with Crippen LogP contribution in [-0.4, -0.2) is 42.9 Å². The maximum absolute atomic E-state index is 11.0. The number of morpholine rings is 1. The van der Waals surface area contributed by atoms with Gasteiger partial charge >= 0.3 is 5.97 Å². The Labute approximate surface area is 112 Å². The first kappa shape index (κ1) is 12.4. The minimum Gasteiger partial charge on any atom is -0.480 e. The maximum atomic E-state index is 11.0. The summed E-state index contributed by atoms with van der Waals surface area (Å²) in [5, 5.41) is 9.02. The van der Waals surface area contributed by atoms with Crippen molar-refractivity contribution < 1.29 is 14.6 Å². The SMILES string of the molecule is N[C@@H](CC1c2ccccc2N2CCOCC12)C(=O)O. The molecule has 2 unspecified atom stereocenters. The van der Waals surface area contributed by atoms with Crippen LogP contribution in [0.15, 0.2) is 24.3 Å². The zero-order valence-corrected chi connectivity index (χ0v) is 10.7. The second-order valence-corrected chi connectivity index (χ2v) is 5.18. The molecule has 2 heterocycles. The Morgan fingerprint density at radius 3 is 3.11 bits per heavy atom. The van der Waals surface area contributed by atoms with E-state index in [0.29, 0.717) is 13.0 Å². The number of nitrogens with zero attached hydrogens (tertiary/aromatic N) is 1. The molecule has 0 spiro atoms. The summed E-state index contributed by atoms with van der Waals surface area (Å²) < 4.78 is 5.56. The summed E-state index contributed by atoms with van der Waals surface area (Å²) in [5.74, 6) is -0.796. The highest BCUT2D eigenvalue weighted by Gasteiger charge is 2.41. The number of hydrogen-bond donors (Lipinski definition) is 2. The molecule has 2 aliphatic rings. The molecule has 0 aliphatic carbocycles. The van der Waals surface area contributed by atoms with E-state index in [0.717, 1.165) is 13.2 Å². The Bertz CT molecular complexity index is 491. The van der Waals surface area contributed by atoms with Crippen LogP contribution in [0.4, 0.5) is 5.69 Å². The van der Waals surface area contributed by atoms with E-state index in [2.05, 4.69) is 17.0 Å². The third-order valence-corrected chi connectivity index (χ3v) is 4.10. The summed E-state index contributed by atoms with van der Waals surface area (Å²) >= 11 is 0. The molecule has 1 saturated heterocycles. The van der Waals surface area contributed by atoms with Crippen molar-refractivity contribution >= 4 is 11.7 Å². The van der Waals surface area contributed by atoms with Gasteiger partial charge in [0.2, 0.25) is 0 Å². The number of fused-ring (bicyclic) bond motifs is 3. The van der Waals surface area contributed by atoms with Crippen molar-refractivity contribution in [3.05, 3.63) is 29.8 Å². The highest BCUT2D eigenvalue weighted by Crippen LogP contribution is 2.43. The van der Waals surface area contributed by atoms with Gasteiger partial charge in [0.1, 0.15) is 6.04 Å². The van der Waals surface area contributed by atoms with Crippen LogP contribution in [-0.2, 0) is 9.53 Å². The lowest BCUT2D eigenvalue weighted by Crippen LogP contribution is -2.46. The average Bonchev–Trinajstić information content (AvgIpc) is 2.74. The van der Waals surface area contributed by atoms with Gasteiger partial charge in [-0.2, -0.15) is 0 Å². The normalized spacial score (nSPS) is 26.7. The van der Waals surface area contributed by atoms with E-state index in [9.17, 15) is 4.79 Å². The summed E-state index contributed by atoms with van der Waals surface area (Å²) in [6, 6.07) is 7.59. The highest BCUT2D eigenvalue weighted by molar-refractivity contribution is 5.73. The first-order chi connectivity index (χ1) is 9.18. The van der Waals surface area contributed by atoms with E-state index >= 15 is 0 Å². The summed E-state index contributed by atoms with van der Waals surface area (Å²) in [7, 11) is 0. The van der Waals surface area contributed by atoms with E-state index in [1.807, 2.05) is 12.1 Å². The molecule has 19 heavy (non-hydrogen) atoms. The predicted molar refractivity (Wildman–Crippen MR) is 71.4 cm³/mol. The minimum atomic E-state index is -0.937. The lowest BCUT2D eigenvalue weighted by molar-refractivity contribution is -0.138. The number of ether oxygens (including phenoxy) is 1. The predicted octanol–water partition coefficient (Wildman–Crippen LogP) is 0.791. The topological polar surface area (TPSA) is 75.8 Å². The molecular weight excluding hydrogens is 244 g/mol. The second kappa shape index (κ2) is 4.83. The largest absolute Gasteiger partial charge is 0.480 e. The molecule has 0 saturated carbocycles. The van der Waals surface area contributed by atoms with Crippen molar-refractivity contribution in [2.75, 3.05) is 24.7 Å². The van der Waals surface area contributed by atoms with Crippen LogP contribution in [0.2, 0.25) is 0 Å². The number of carboxylic acids is 1. The third-order valence-electron chi connectivity index (χ3n) is 4.10. The average molecular weight is 262 g/mol. The smallest absolute Gasteiger partial charge is 0.320 e. The Morgan fingerprint density at radius 1 is 1.53 bits per heavy atom. The lowest BCUT2D eigenvalue weighted by Gasteiger charge is -2.34. The summed E-state index contributed by atoms with van der Waals surface area (Å²) in [4.78, 5) is 13.3. The summed E-state index contributed by atoms with van der Waals surface area (Å²) in [5.41, 5.74) is 8.13. The van der Waals surface area contributed by atoms with Gasteiger partial charge in [-0.15, -0.1) is 0 Å². The number of para-hydroxylation sites is 1. The lowest BCUT2D eigenvalue weighted by atomic mass is 9.89. The number of anilines is 1. The third kappa shape index (κ3) is 2.09. The van der Waals surface area contributed by atoms with Crippen LogP contribution < -0.4 is 10.6 Å². The standard InChI is InChI=1S/C14H18N2O3/c15-11(14(17)18)7-10-9-3-1-2-4-12(9)16-5-6-19-8-13(10)16/h1-4,10-11,13H,5-8,15H2,(H,17,18)/t10?,11-,13?/m0/s1. The van der Waals surface area contributed by atoms with Gasteiger partial charge in [0.05, 0.1) is 19.3 Å². The fraction of sp³-hybridized carbons (Fsp3) is 0.500.